The molecular weight excluding hydrogens is 347 g/mol. The maximum atomic E-state index is 12.9. The molecule has 2 aromatic carbocycles. The summed E-state index contributed by atoms with van der Waals surface area (Å²) in [5.74, 6) is 0.621. The van der Waals surface area contributed by atoms with Gasteiger partial charge in [-0.1, -0.05) is 28.1 Å². The van der Waals surface area contributed by atoms with Gasteiger partial charge in [0.2, 0.25) is 0 Å². The Morgan fingerprint density at radius 2 is 1.86 bits per heavy atom. The predicted octanol–water partition coefficient (Wildman–Crippen LogP) is 5.09. The molecule has 0 heterocycles. The standard InChI is InChI=1S/C15H13BrF3NO/c1-21-14-7-6-11(16)8-10(14)9-20-13-5-3-2-4-12(13)15(17,18)19/h2-8,20H,9H2,1H3. The van der Waals surface area contributed by atoms with Crippen LogP contribution in [0.15, 0.2) is 46.9 Å². The normalized spacial score (nSPS) is 11.3. The van der Waals surface area contributed by atoms with E-state index in [1.807, 2.05) is 12.1 Å². The van der Waals surface area contributed by atoms with Crippen molar-refractivity contribution < 1.29 is 17.9 Å². The number of hydrogen-bond donors (Lipinski definition) is 1. The number of nitrogens with one attached hydrogen (secondary N) is 1. The maximum Gasteiger partial charge on any atom is 0.418 e. The molecule has 0 saturated carbocycles. The van der Waals surface area contributed by atoms with E-state index >= 15 is 0 Å². The Hall–Kier alpha value is -1.69. The predicted molar refractivity (Wildman–Crippen MR) is 79.5 cm³/mol. The fourth-order valence-corrected chi connectivity index (χ4v) is 2.37. The van der Waals surface area contributed by atoms with Crippen LogP contribution in [0.1, 0.15) is 11.1 Å². The van der Waals surface area contributed by atoms with E-state index in [-0.39, 0.29) is 12.2 Å². The summed E-state index contributed by atoms with van der Waals surface area (Å²) < 4.78 is 44.8. The fourth-order valence-electron chi connectivity index (χ4n) is 1.96. The van der Waals surface area contributed by atoms with E-state index in [9.17, 15) is 13.2 Å². The van der Waals surface area contributed by atoms with Crippen LogP contribution in [0, 0.1) is 0 Å². The summed E-state index contributed by atoms with van der Waals surface area (Å²) in [5.41, 5.74) is 0.134. The summed E-state index contributed by atoms with van der Waals surface area (Å²) in [5, 5.41) is 2.82. The lowest BCUT2D eigenvalue weighted by atomic mass is 10.1. The third kappa shape index (κ3) is 3.91. The Bertz CT molecular complexity index is 629. The van der Waals surface area contributed by atoms with Crippen molar-refractivity contribution in [3.63, 3.8) is 0 Å². The number of rotatable bonds is 4. The Balaban J connectivity index is 2.23. The van der Waals surface area contributed by atoms with Crippen LogP contribution < -0.4 is 10.1 Å². The van der Waals surface area contributed by atoms with Crippen molar-refractivity contribution in [2.75, 3.05) is 12.4 Å². The molecule has 0 aliphatic rings. The van der Waals surface area contributed by atoms with Crippen LogP contribution in [0.3, 0.4) is 0 Å². The average Bonchev–Trinajstić information content (AvgIpc) is 2.44. The number of hydrogen-bond acceptors (Lipinski definition) is 2. The van der Waals surface area contributed by atoms with Gasteiger partial charge in [-0.25, -0.2) is 0 Å². The zero-order valence-electron chi connectivity index (χ0n) is 11.2. The third-order valence-electron chi connectivity index (χ3n) is 2.94. The summed E-state index contributed by atoms with van der Waals surface area (Å²) in [7, 11) is 1.52. The summed E-state index contributed by atoms with van der Waals surface area (Å²) in [6.45, 7) is 0.232. The van der Waals surface area contributed by atoms with Crippen LogP contribution >= 0.6 is 15.9 Å². The molecule has 0 spiro atoms. The Morgan fingerprint density at radius 3 is 2.52 bits per heavy atom. The molecule has 0 aliphatic heterocycles. The number of methoxy groups -OCH3 is 1. The van der Waals surface area contributed by atoms with Gasteiger partial charge in [0.25, 0.3) is 0 Å². The van der Waals surface area contributed by atoms with Gasteiger partial charge in [0.05, 0.1) is 12.7 Å². The Labute approximate surface area is 129 Å². The summed E-state index contributed by atoms with van der Waals surface area (Å²) >= 11 is 3.33. The number of ether oxygens (including phenoxy) is 1. The van der Waals surface area contributed by atoms with Gasteiger partial charge >= 0.3 is 6.18 Å². The van der Waals surface area contributed by atoms with Crippen molar-refractivity contribution in [3.8, 4) is 5.75 Å². The summed E-state index contributed by atoms with van der Waals surface area (Å²) in [6.07, 6.45) is -4.38. The van der Waals surface area contributed by atoms with Gasteiger partial charge in [-0.3, -0.25) is 0 Å². The Morgan fingerprint density at radius 1 is 1.14 bits per heavy atom. The van der Waals surface area contributed by atoms with Crippen LogP contribution in [-0.4, -0.2) is 7.11 Å². The molecule has 2 rings (SSSR count). The van der Waals surface area contributed by atoms with Crippen LogP contribution in [0.25, 0.3) is 0 Å². The number of para-hydroxylation sites is 1. The number of halogens is 4. The molecule has 21 heavy (non-hydrogen) atoms. The minimum absolute atomic E-state index is 0.0482. The second-order valence-electron chi connectivity index (χ2n) is 4.35. The van der Waals surface area contributed by atoms with E-state index in [0.29, 0.717) is 5.75 Å². The highest BCUT2D eigenvalue weighted by Gasteiger charge is 2.33. The lowest BCUT2D eigenvalue weighted by Crippen LogP contribution is -2.11. The lowest BCUT2D eigenvalue weighted by molar-refractivity contribution is -0.136. The van der Waals surface area contributed by atoms with E-state index in [1.54, 1.807) is 12.1 Å². The van der Waals surface area contributed by atoms with E-state index in [2.05, 4.69) is 21.2 Å². The minimum Gasteiger partial charge on any atom is -0.496 e. The SMILES string of the molecule is COc1ccc(Br)cc1CNc1ccccc1C(F)(F)F. The van der Waals surface area contributed by atoms with Crippen molar-refractivity contribution in [2.24, 2.45) is 0 Å². The van der Waals surface area contributed by atoms with Gasteiger partial charge in [0.15, 0.2) is 0 Å². The lowest BCUT2D eigenvalue weighted by Gasteiger charge is -2.15. The van der Waals surface area contributed by atoms with E-state index in [1.165, 1.54) is 19.2 Å². The summed E-state index contributed by atoms with van der Waals surface area (Å²) in [4.78, 5) is 0. The second-order valence-corrected chi connectivity index (χ2v) is 5.27. The largest absolute Gasteiger partial charge is 0.496 e. The highest BCUT2D eigenvalue weighted by atomic mass is 79.9. The van der Waals surface area contributed by atoms with E-state index < -0.39 is 11.7 Å². The summed E-state index contributed by atoms with van der Waals surface area (Å²) in [6, 6.07) is 10.8. The molecule has 2 nitrogen and oxygen atoms in total. The van der Waals surface area contributed by atoms with Crippen molar-refractivity contribution in [1.82, 2.24) is 0 Å². The van der Waals surface area contributed by atoms with Crippen LogP contribution in [0.2, 0.25) is 0 Å². The smallest absolute Gasteiger partial charge is 0.418 e. The van der Waals surface area contributed by atoms with Gasteiger partial charge in [0.1, 0.15) is 5.75 Å². The highest BCUT2D eigenvalue weighted by Crippen LogP contribution is 2.35. The Kier molecular flexibility index (Phi) is 4.77. The molecule has 0 saturated heterocycles. The minimum atomic E-state index is -4.38. The van der Waals surface area contributed by atoms with Gasteiger partial charge in [0, 0.05) is 22.3 Å². The molecule has 0 aromatic heterocycles. The molecule has 112 valence electrons. The molecule has 0 bridgehead atoms. The van der Waals surface area contributed by atoms with Gasteiger partial charge in [-0.05, 0) is 30.3 Å². The zero-order chi connectivity index (χ0) is 15.5. The number of benzene rings is 2. The van der Waals surface area contributed by atoms with E-state index in [4.69, 9.17) is 4.74 Å². The zero-order valence-corrected chi connectivity index (χ0v) is 12.8. The molecule has 0 unspecified atom stereocenters. The van der Waals surface area contributed by atoms with Crippen LogP contribution in [0.4, 0.5) is 18.9 Å². The first-order valence-electron chi connectivity index (χ1n) is 6.14. The molecule has 0 amide bonds. The quantitative estimate of drug-likeness (QED) is 0.820. The van der Waals surface area contributed by atoms with Gasteiger partial charge in [-0.15, -0.1) is 0 Å². The van der Waals surface area contributed by atoms with Gasteiger partial charge in [-0.2, -0.15) is 13.2 Å². The van der Waals surface area contributed by atoms with Crippen molar-refractivity contribution in [3.05, 3.63) is 58.1 Å². The first-order valence-corrected chi connectivity index (χ1v) is 6.93. The first kappa shape index (κ1) is 15.7. The van der Waals surface area contributed by atoms with Crippen molar-refractivity contribution >= 4 is 21.6 Å². The topological polar surface area (TPSA) is 21.3 Å². The molecule has 1 N–H and O–H groups in total. The first-order chi connectivity index (χ1) is 9.91. The number of anilines is 1. The molecule has 0 atom stereocenters. The molecular formula is C15H13BrF3NO. The molecule has 0 radical (unpaired) electrons. The van der Waals surface area contributed by atoms with Crippen molar-refractivity contribution in [2.45, 2.75) is 12.7 Å². The monoisotopic (exact) mass is 359 g/mol. The molecule has 0 fully saturated rings. The van der Waals surface area contributed by atoms with Crippen LogP contribution in [-0.2, 0) is 12.7 Å². The molecule has 2 aromatic rings. The fraction of sp³-hybridized carbons (Fsp3) is 0.200. The second kappa shape index (κ2) is 6.39. The third-order valence-corrected chi connectivity index (χ3v) is 3.44. The average molecular weight is 360 g/mol. The van der Waals surface area contributed by atoms with E-state index in [0.717, 1.165) is 16.1 Å². The van der Waals surface area contributed by atoms with Crippen LogP contribution in [0.5, 0.6) is 5.75 Å². The molecule has 6 heteroatoms. The number of alkyl halides is 3. The highest BCUT2D eigenvalue weighted by molar-refractivity contribution is 9.10. The molecule has 0 aliphatic carbocycles. The maximum absolute atomic E-state index is 12.9. The van der Waals surface area contributed by atoms with Crippen molar-refractivity contribution in [1.29, 1.82) is 0 Å². The van der Waals surface area contributed by atoms with Gasteiger partial charge < -0.3 is 10.1 Å².